The normalized spacial score (nSPS) is 9.95. The van der Waals surface area contributed by atoms with Gasteiger partial charge in [-0.2, -0.15) is 5.26 Å². The van der Waals surface area contributed by atoms with Crippen molar-refractivity contribution in [3.05, 3.63) is 58.4 Å². The van der Waals surface area contributed by atoms with Crippen LogP contribution in [-0.4, -0.2) is 5.11 Å². The smallest absolute Gasteiger partial charge is 0.139 e. The lowest BCUT2D eigenvalue weighted by atomic mass is 10.1. The molecule has 0 bridgehead atoms. The molecular formula is C14H10ClFN2O. The Labute approximate surface area is 114 Å². The fraction of sp³-hybridized carbons (Fsp3) is 0.0714. The number of nitrogens with zero attached hydrogens (tertiary/aromatic N) is 1. The minimum absolute atomic E-state index is 0.00251. The van der Waals surface area contributed by atoms with Crippen LogP contribution in [-0.2, 0) is 6.54 Å². The van der Waals surface area contributed by atoms with Gasteiger partial charge in [0.1, 0.15) is 17.6 Å². The molecule has 0 aromatic heterocycles. The van der Waals surface area contributed by atoms with E-state index < -0.39 is 5.82 Å². The standard InChI is InChI=1S/C14H10ClFN2O/c15-12-3-1-2-9(14(12)19)8-18-13-5-4-11(16)6-10(13)7-17/h1-6,18-19H,8H2. The first-order valence-electron chi connectivity index (χ1n) is 5.51. The fourth-order valence-electron chi connectivity index (χ4n) is 1.66. The molecule has 2 aromatic rings. The van der Waals surface area contributed by atoms with Gasteiger partial charge in [-0.3, -0.25) is 0 Å². The van der Waals surface area contributed by atoms with Crippen LogP contribution in [0.5, 0.6) is 5.75 Å². The molecule has 2 rings (SSSR count). The molecule has 0 amide bonds. The second-order valence-electron chi connectivity index (χ2n) is 3.90. The number of nitrogens with one attached hydrogen (secondary N) is 1. The van der Waals surface area contributed by atoms with Gasteiger partial charge in [0, 0.05) is 12.1 Å². The zero-order valence-electron chi connectivity index (χ0n) is 9.82. The van der Waals surface area contributed by atoms with Crippen molar-refractivity contribution in [3.63, 3.8) is 0 Å². The van der Waals surface area contributed by atoms with E-state index in [2.05, 4.69) is 5.32 Å². The minimum atomic E-state index is -0.465. The fourth-order valence-corrected chi connectivity index (χ4v) is 1.85. The first kappa shape index (κ1) is 13.2. The molecule has 0 fully saturated rings. The van der Waals surface area contributed by atoms with Crippen LogP contribution in [0.1, 0.15) is 11.1 Å². The highest BCUT2D eigenvalue weighted by Crippen LogP contribution is 2.27. The van der Waals surface area contributed by atoms with Gasteiger partial charge in [-0.05, 0) is 24.3 Å². The monoisotopic (exact) mass is 276 g/mol. The predicted molar refractivity (Wildman–Crippen MR) is 71.6 cm³/mol. The van der Waals surface area contributed by atoms with E-state index in [4.69, 9.17) is 16.9 Å². The van der Waals surface area contributed by atoms with Crippen molar-refractivity contribution in [2.75, 3.05) is 5.32 Å². The maximum atomic E-state index is 13.0. The Hall–Kier alpha value is -2.25. The predicted octanol–water partition coefficient (Wildman–Crippen LogP) is 3.67. The SMILES string of the molecule is N#Cc1cc(F)ccc1NCc1cccc(Cl)c1O. The number of benzene rings is 2. The van der Waals surface area contributed by atoms with Crippen LogP contribution < -0.4 is 5.32 Å². The second-order valence-corrected chi connectivity index (χ2v) is 4.31. The number of phenols is 1. The van der Waals surface area contributed by atoms with Crippen LogP contribution in [0.25, 0.3) is 0 Å². The first-order valence-corrected chi connectivity index (χ1v) is 5.89. The lowest BCUT2D eigenvalue weighted by Crippen LogP contribution is -2.02. The van der Waals surface area contributed by atoms with Crippen molar-refractivity contribution >= 4 is 17.3 Å². The Morgan fingerprint density at radius 1 is 1.32 bits per heavy atom. The van der Waals surface area contributed by atoms with Gasteiger partial charge < -0.3 is 10.4 Å². The lowest BCUT2D eigenvalue weighted by molar-refractivity contribution is 0.469. The van der Waals surface area contributed by atoms with E-state index in [0.29, 0.717) is 11.3 Å². The summed E-state index contributed by atoms with van der Waals surface area (Å²) in [6.07, 6.45) is 0. The van der Waals surface area contributed by atoms with Crippen LogP contribution in [0.2, 0.25) is 5.02 Å². The van der Waals surface area contributed by atoms with Gasteiger partial charge in [-0.15, -0.1) is 0 Å². The van der Waals surface area contributed by atoms with Crippen molar-refractivity contribution in [2.45, 2.75) is 6.54 Å². The number of aromatic hydroxyl groups is 1. The third-order valence-corrected chi connectivity index (χ3v) is 2.95. The number of halogens is 2. The Morgan fingerprint density at radius 3 is 2.84 bits per heavy atom. The molecule has 0 heterocycles. The molecule has 2 N–H and O–H groups in total. The van der Waals surface area contributed by atoms with E-state index in [1.54, 1.807) is 18.2 Å². The zero-order chi connectivity index (χ0) is 13.8. The van der Waals surface area contributed by atoms with Gasteiger partial charge in [0.2, 0.25) is 0 Å². The number of hydrogen-bond donors (Lipinski definition) is 2. The summed E-state index contributed by atoms with van der Waals surface area (Å²) in [4.78, 5) is 0. The molecule has 0 saturated carbocycles. The Morgan fingerprint density at radius 2 is 2.11 bits per heavy atom. The largest absolute Gasteiger partial charge is 0.506 e. The number of rotatable bonds is 3. The van der Waals surface area contributed by atoms with Crippen LogP contribution >= 0.6 is 11.6 Å². The van der Waals surface area contributed by atoms with Crippen molar-refractivity contribution in [3.8, 4) is 11.8 Å². The van der Waals surface area contributed by atoms with Crippen LogP contribution in [0.15, 0.2) is 36.4 Å². The van der Waals surface area contributed by atoms with Gasteiger partial charge >= 0.3 is 0 Å². The molecule has 0 aliphatic rings. The van der Waals surface area contributed by atoms with Crippen LogP contribution in [0.4, 0.5) is 10.1 Å². The van der Waals surface area contributed by atoms with Crippen molar-refractivity contribution in [2.24, 2.45) is 0 Å². The molecule has 96 valence electrons. The molecule has 0 spiro atoms. The molecule has 0 aliphatic carbocycles. The molecule has 19 heavy (non-hydrogen) atoms. The highest BCUT2D eigenvalue weighted by atomic mass is 35.5. The minimum Gasteiger partial charge on any atom is -0.506 e. The van der Waals surface area contributed by atoms with Gasteiger partial charge in [-0.1, -0.05) is 23.7 Å². The van der Waals surface area contributed by atoms with Gasteiger partial charge in [0.05, 0.1) is 16.3 Å². The van der Waals surface area contributed by atoms with E-state index in [1.165, 1.54) is 12.1 Å². The first-order chi connectivity index (χ1) is 9.11. The van der Waals surface area contributed by atoms with Gasteiger partial charge in [-0.25, -0.2) is 4.39 Å². The summed E-state index contributed by atoms with van der Waals surface area (Å²) in [5.41, 5.74) is 1.31. The highest BCUT2D eigenvalue weighted by Gasteiger charge is 2.07. The summed E-state index contributed by atoms with van der Waals surface area (Å²) in [6, 6.07) is 10.8. The molecule has 0 unspecified atom stereocenters. The summed E-state index contributed by atoms with van der Waals surface area (Å²) < 4.78 is 13.0. The third-order valence-electron chi connectivity index (χ3n) is 2.64. The van der Waals surface area contributed by atoms with E-state index in [-0.39, 0.29) is 22.9 Å². The molecule has 5 heteroatoms. The number of nitriles is 1. The average Bonchev–Trinajstić information content (AvgIpc) is 2.41. The molecule has 0 saturated heterocycles. The van der Waals surface area contributed by atoms with E-state index in [0.717, 1.165) is 6.07 Å². The average molecular weight is 277 g/mol. The maximum absolute atomic E-state index is 13.0. The molecule has 3 nitrogen and oxygen atoms in total. The van der Waals surface area contributed by atoms with E-state index in [9.17, 15) is 9.50 Å². The summed E-state index contributed by atoms with van der Waals surface area (Å²) in [5, 5.41) is 21.9. The zero-order valence-corrected chi connectivity index (χ0v) is 10.6. The lowest BCUT2D eigenvalue weighted by Gasteiger charge is -2.10. The summed E-state index contributed by atoms with van der Waals surface area (Å²) in [7, 11) is 0. The van der Waals surface area contributed by atoms with Gasteiger partial charge in [0.15, 0.2) is 0 Å². The van der Waals surface area contributed by atoms with Crippen LogP contribution in [0.3, 0.4) is 0 Å². The topological polar surface area (TPSA) is 56.0 Å². The van der Waals surface area contributed by atoms with E-state index >= 15 is 0 Å². The summed E-state index contributed by atoms with van der Waals surface area (Å²) in [5.74, 6) is -0.468. The second kappa shape index (κ2) is 5.59. The number of hydrogen-bond acceptors (Lipinski definition) is 3. The Balaban J connectivity index is 2.20. The number of para-hydroxylation sites is 1. The quantitative estimate of drug-likeness (QED) is 0.899. The van der Waals surface area contributed by atoms with Gasteiger partial charge in [0.25, 0.3) is 0 Å². The molecule has 0 radical (unpaired) electrons. The third kappa shape index (κ3) is 2.95. The van der Waals surface area contributed by atoms with E-state index in [1.807, 2.05) is 6.07 Å². The van der Waals surface area contributed by atoms with Crippen LogP contribution in [0, 0.1) is 17.1 Å². The van der Waals surface area contributed by atoms with Crippen molar-refractivity contribution in [1.82, 2.24) is 0 Å². The molecule has 0 aliphatic heterocycles. The number of anilines is 1. The summed E-state index contributed by atoms with van der Waals surface area (Å²) >= 11 is 5.80. The molecular weight excluding hydrogens is 267 g/mol. The van der Waals surface area contributed by atoms with Crippen molar-refractivity contribution in [1.29, 1.82) is 5.26 Å². The Kier molecular flexibility index (Phi) is 3.88. The summed E-state index contributed by atoms with van der Waals surface area (Å²) in [6.45, 7) is 0.284. The number of phenolic OH excluding ortho intramolecular Hbond substituents is 1. The molecule has 2 aromatic carbocycles. The highest BCUT2D eigenvalue weighted by molar-refractivity contribution is 6.32. The molecule has 0 atom stereocenters. The maximum Gasteiger partial charge on any atom is 0.139 e. The Bertz CT molecular complexity index is 652. The van der Waals surface area contributed by atoms with Crippen molar-refractivity contribution < 1.29 is 9.50 Å².